The third-order valence-corrected chi connectivity index (χ3v) is 4.55. The maximum Gasteiger partial charge on any atom is 0.0456 e. The lowest BCUT2D eigenvalue weighted by Crippen LogP contribution is -2.10. The molecule has 2 aromatic rings. The molecule has 1 aliphatic carbocycles. The van der Waals surface area contributed by atoms with Gasteiger partial charge < -0.3 is 4.98 Å². The standard InChI is InChI=1S/C18H25N/c1-18(2,3)15-9-10-16-14(11-15)12-17(19-16)13-7-5-4-6-8-13/h9-13,19H,4-8H2,1-3H3. The van der Waals surface area contributed by atoms with Gasteiger partial charge in [0.15, 0.2) is 0 Å². The first-order valence-electron chi connectivity index (χ1n) is 7.67. The average molecular weight is 255 g/mol. The molecular weight excluding hydrogens is 230 g/mol. The Morgan fingerprint density at radius 2 is 1.74 bits per heavy atom. The van der Waals surface area contributed by atoms with Crippen molar-refractivity contribution in [3.05, 3.63) is 35.5 Å². The third-order valence-electron chi connectivity index (χ3n) is 4.55. The smallest absolute Gasteiger partial charge is 0.0456 e. The van der Waals surface area contributed by atoms with Gasteiger partial charge in [-0.15, -0.1) is 0 Å². The van der Waals surface area contributed by atoms with Crippen molar-refractivity contribution in [2.75, 3.05) is 0 Å². The number of aromatic amines is 1. The molecule has 1 fully saturated rings. The topological polar surface area (TPSA) is 15.8 Å². The number of H-pyrrole nitrogens is 1. The van der Waals surface area contributed by atoms with Crippen molar-refractivity contribution in [2.24, 2.45) is 0 Å². The van der Waals surface area contributed by atoms with Gasteiger partial charge in [-0.1, -0.05) is 46.1 Å². The molecule has 0 bridgehead atoms. The maximum atomic E-state index is 3.64. The van der Waals surface area contributed by atoms with Crippen LogP contribution in [0.15, 0.2) is 24.3 Å². The van der Waals surface area contributed by atoms with Crippen LogP contribution < -0.4 is 0 Å². The molecule has 1 N–H and O–H groups in total. The highest BCUT2D eigenvalue weighted by molar-refractivity contribution is 5.81. The summed E-state index contributed by atoms with van der Waals surface area (Å²) >= 11 is 0. The molecule has 1 heterocycles. The normalized spacial score (nSPS) is 18.1. The molecule has 1 nitrogen and oxygen atoms in total. The average Bonchev–Trinajstić information content (AvgIpc) is 2.81. The van der Waals surface area contributed by atoms with Gasteiger partial charge in [0, 0.05) is 11.2 Å². The van der Waals surface area contributed by atoms with Crippen LogP contribution in [-0.4, -0.2) is 4.98 Å². The second-order valence-electron chi connectivity index (χ2n) is 7.11. The van der Waals surface area contributed by atoms with E-state index < -0.39 is 0 Å². The number of nitrogens with one attached hydrogen (secondary N) is 1. The SMILES string of the molecule is CC(C)(C)c1ccc2[nH]c(C3CCCCC3)cc2c1. The molecule has 1 aliphatic rings. The maximum absolute atomic E-state index is 3.64. The Morgan fingerprint density at radius 3 is 2.42 bits per heavy atom. The summed E-state index contributed by atoms with van der Waals surface area (Å²) < 4.78 is 0. The summed E-state index contributed by atoms with van der Waals surface area (Å²) in [5.41, 5.74) is 4.42. The molecule has 0 atom stereocenters. The van der Waals surface area contributed by atoms with Crippen molar-refractivity contribution in [3.63, 3.8) is 0 Å². The summed E-state index contributed by atoms with van der Waals surface area (Å²) in [4.78, 5) is 3.64. The number of benzene rings is 1. The quantitative estimate of drug-likeness (QED) is 0.691. The van der Waals surface area contributed by atoms with Gasteiger partial charge in [0.05, 0.1) is 0 Å². The van der Waals surface area contributed by atoms with Crippen LogP contribution in [0.1, 0.15) is 70.1 Å². The number of fused-ring (bicyclic) bond motifs is 1. The molecule has 0 radical (unpaired) electrons. The highest BCUT2D eigenvalue weighted by Crippen LogP contribution is 2.34. The predicted octanol–water partition coefficient (Wildman–Crippen LogP) is 5.51. The zero-order valence-corrected chi connectivity index (χ0v) is 12.4. The van der Waals surface area contributed by atoms with Crippen molar-refractivity contribution < 1.29 is 0 Å². The highest BCUT2D eigenvalue weighted by Gasteiger charge is 2.18. The molecule has 3 rings (SSSR count). The van der Waals surface area contributed by atoms with Crippen molar-refractivity contribution in [3.8, 4) is 0 Å². The van der Waals surface area contributed by atoms with E-state index in [2.05, 4.69) is 50.0 Å². The zero-order valence-electron chi connectivity index (χ0n) is 12.4. The van der Waals surface area contributed by atoms with Crippen LogP contribution in [0.3, 0.4) is 0 Å². The van der Waals surface area contributed by atoms with E-state index in [4.69, 9.17) is 0 Å². The first kappa shape index (κ1) is 12.8. The van der Waals surface area contributed by atoms with Crippen molar-refractivity contribution in [1.29, 1.82) is 0 Å². The fourth-order valence-corrected chi connectivity index (χ4v) is 3.26. The minimum absolute atomic E-state index is 0.233. The fourth-order valence-electron chi connectivity index (χ4n) is 3.26. The molecule has 0 saturated heterocycles. The summed E-state index contributed by atoms with van der Waals surface area (Å²) in [6, 6.07) is 9.27. The summed E-state index contributed by atoms with van der Waals surface area (Å²) in [6.45, 7) is 6.84. The van der Waals surface area contributed by atoms with Gasteiger partial charge in [0.25, 0.3) is 0 Å². The van der Waals surface area contributed by atoms with Gasteiger partial charge in [-0.3, -0.25) is 0 Å². The first-order valence-corrected chi connectivity index (χ1v) is 7.67. The summed E-state index contributed by atoms with van der Waals surface area (Å²) in [7, 11) is 0. The molecular formula is C18H25N. The van der Waals surface area contributed by atoms with E-state index in [1.807, 2.05) is 0 Å². The zero-order chi connectivity index (χ0) is 13.5. The van der Waals surface area contributed by atoms with Gasteiger partial charge >= 0.3 is 0 Å². The number of hydrogen-bond acceptors (Lipinski definition) is 0. The molecule has 1 aromatic carbocycles. The Bertz CT molecular complexity index is 565. The van der Waals surface area contributed by atoms with Crippen LogP contribution >= 0.6 is 0 Å². The van der Waals surface area contributed by atoms with Gasteiger partial charge in [0.1, 0.15) is 0 Å². The second kappa shape index (κ2) is 4.70. The molecule has 0 spiro atoms. The second-order valence-corrected chi connectivity index (χ2v) is 7.11. The molecule has 19 heavy (non-hydrogen) atoms. The molecule has 1 aromatic heterocycles. The van der Waals surface area contributed by atoms with Gasteiger partial charge in [0.2, 0.25) is 0 Å². The highest BCUT2D eigenvalue weighted by atomic mass is 14.7. The Labute approximate surface area is 116 Å². The van der Waals surface area contributed by atoms with Crippen LogP contribution in [0, 0.1) is 0 Å². The largest absolute Gasteiger partial charge is 0.358 e. The minimum Gasteiger partial charge on any atom is -0.358 e. The molecule has 0 unspecified atom stereocenters. The monoisotopic (exact) mass is 255 g/mol. The summed E-state index contributed by atoms with van der Waals surface area (Å²) in [6.07, 6.45) is 6.93. The van der Waals surface area contributed by atoms with Crippen LogP contribution in [0.2, 0.25) is 0 Å². The predicted molar refractivity (Wildman–Crippen MR) is 82.8 cm³/mol. The van der Waals surface area contributed by atoms with Gasteiger partial charge in [-0.25, -0.2) is 0 Å². The van der Waals surface area contributed by atoms with Crippen LogP contribution in [0.5, 0.6) is 0 Å². The van der Waals surface area contributed by atoms with E-state index >= 15 is 0 Å². The number of hydrogen-bond donors (Lipinski definition) is 1. The fraction of sp³-hybridized carbons (Fsp3) is 0.556. The van der Waals surface area contributed by atoms with E-state index in [1.54, 1.807) is 0 Å². The molecule has 1 heteroatoms. The summed E-state index contributed by atoms with van der Waals surface area (Å²) in [5, 5.41) is 1.38. The van der Waals surface area contributed by atoms with Crippen molar-refractivity contribution in [2.45, 2.75) is 64.2 Å². The lowest BCUT2D eigenvalue weighted by Gasteiger charge is -2.20. The molecule has 1 saturated carbocycles. The lowest BCUT2D eigenvalue weighted by molar-refractivity contribution is 0.438. The van der Waals surface area contributed by atoms with E-state index in [0.29, 0.717) is 0 Å². The van der Waals surface area contributed by atoms with Gasteiger partial charge in [-0.05, 0) is 53.3 Å². The molecule has 0 aliphatic heterocycles. The molecule has 102 valence electrons. The Hall–Kier alpha value is -1.24. The van der Waals surface area contributed by atoms with E-state index in [1.165, 1.54) is 54.3 Å². The van der Waals surface area contributed by atoms with Crippen molar-refractivity contribution >= 4 is 10.9 Å². The third kappa shape index (κ3) is 2.56. The number of rotatable bonds is 1. The number of aromatic nitrogens is 1. The molecule has 0 amide bonds. The van der Waals surface area contributed by atoms with Crippen molar-refractivity contribution in [1.82, 2.24) is 4.98 Å². The first-order chi connectivity index (χ1) is 9.04. The van der Waals surface area contributed by atoms with E-state index in [9.17, 15) is 0 Å². The van der Waals surface area contributed by atoms with E-state index in [-0.39, 0.29) is 5.41 Å². The van der Waals surface area contributed by atoms with E-state index in [0.717, 1.165) is 5.92 Å². The van der Waals surface area contributed by atoms with Gasteiger partial charge in [-0.2, -0.15) is 0 Å². The Balaban J connectivity index is 1.96. The van der Waals surface area contributed by atoms with Crippen LogP contribution in [-0.2, 0) is 5.41 Å². The van der Waals surface area contributed by atoms with Crippen LogP contribution in [0.4, 0.5) is 0 Å². The van der Waals surface area contributed by atoms with Crippen LogP contribution in [0.25, 0.3) is 10.9 Å². The lowest BCUT2D eigenvalue weighted by atomic mass is 9.86. The Morgan fingerprint density at radius 1 is 1.00 bits per heavy atom. The Kier molecular flexibility index (Phi) is 3.16. The minimum atomic E-state index is 0.233. The summed E-state index contributed by atoms with van der Waals surface area (Å²) in [5.74, 6) is 0.763.